The fourth-order valence-corrected chi connectivity index (χ4v) is 1.11. The Balaban J connectivity index is 2.96. The van der Waals surface area contributed by atoms with Gasteiger partial charge in [-0.3, -0.25) is 0 Å². The molecule has 0 nitrogen and oxygen atoms in total. The second kappa shape index (κ2) is 3.26. The van der Waals surface area contributed by atoms with Gasteiger partial charge in [0.25, 0.3) is 0 Å². The smallest absolute Gasteiger partial charge is 0.133 e. The summed E-state index contributed by atoms with van der Waals surface area (Å²) in [7, 11) is 0. The van der Waals surface area contributed by atoms with Crippen molar-refractivity contribution in [1.29, 1.82) is 0 Å². The van der Waals surface area contributed by atoms with Gasteiger partial charge in [0.15, 0.2) is 0 Å². The van der Waals surface area contributed by atoms with E-state index in [1.165, 1.54) is 5.56 Å². The number of aryl methyl sites for hydroxylation is 1. The first-order valence-electron chi connectivity index (χ1n) is 4.32. The zero-order chi connectivity index (χ0) is 9.19. The summed E-state index contributed by atoms with van der Waals surface area (Å²) in [6, 6.07) is 7.61. The number of halogens is 1. The van der Waals surface area contributed by atoms with Crippen LogP contribution in [0.2, 0.25) is 0 Å². The minimum atomic E-state index is -1.17. The molecule has 0 unspecified atom stereocenters. The van der Waals surface area contributed by atoms with Crippen molar-refractivity contribution >= 4 is 0 Å². The maximum Gasteiger partial charge on any atom is 0.133 e. The molecule has 0 fully saturated rings. The average Bonchev–Trinajstić information content (AvgIpc) is 2.05. The van der Waals surface area contributed by atoms with Gasteiger partial charge in [0.2, 0.25) is 0 Å². The highest BCUT2D eigenvalue weighted by Crippen LogP contribution is 2.28. The molecule has 0 aliphatic carbocycles. The highest BCUT2D eigenvalue weighted by Gasteiger charge is 2.22. The van der Waals surface area contributed by atoms with Gasteiger partial charge >= 0.3 is 0 Å². The SMILES string of the molecule is CC[C@](C)(F)c1ccc(C)cc1. The van der Waals surface area contributed by atoms with Gasteiger partial charge in [-0.05, 0) is 25.8 Å². The Morgan fingerprint density at radius 1 is 1.25 bits per heavy atom. The molecule has 1 heteroatoms. The van der Waals surface area contributed by atoms with Gasteiger partial charge in [-0.15, -0.1) is 0 Å². The predicted molar refractivity (Wildman–Crippen MR) is 49.9 cm³/mol. The van der Waals surface area contributed by atoms with Gasteiger partial charge in [0.1, 0.15) is 5.67 Å². The standard InChI is InChI=1S/C11H15F/c1-4-11(3,12)10-7-5-9(2)6-8-10/h5-8H,4H2,1-3H3/t11-/m0/s1. The zero-order valence-corrected chi connectivity index (χ0v) is 7.89. The lowest BCUT2D eigenvalue weighted by atomic mass is 9.95. The van der Waals surface area contributed by atoms with Crippen LogP contribution in [0.5, 0.6) is 0 Å². The molecule has 0 aliphatic heterocycles. The van der Waals surface area contributed by atoms with E-state index in [1.807, 2.05) is 38.1 Å². The van der Waals surface area contributed by atoms with Crippen molar-refractivity contribution in [3.05, 3.63) is 35.4 Å². The molecule has 0 bridgehead atoms. The molecular weight excluding hydrogens is 151 g/mol. The van der Waals surface area contributed by atoms with E-state index in [2.05, 4.69) is 0 Å². The van der Waals surface area contributed by atoms with Crippen LogP contribution in [0.25, 0.3) is 0 Å². The van der Waals surface area contributed by atoms with Gasteiger partial charge in [0, 0.05) is 0 Å². The molecule has 66 valence electrons. The number of benzene rings is 1. The van der Waals surface area contributed by atoms with E-state index in [1.54, 1.807) is 6.92 Å². The lowest BCUT2D eigenvalue weighted by Crippen LogP contribution is -2.12. The maximum absolute atomic E-state index is 13.7. The van der Waals surface area contributed by atoms with E-state index in [0.29, 0.717) is 6.42 Å². The zero-order valence-electron chi connectivity index (χ0n) is 7.89. The van der Waals surface area contributed by atoms with Crippen LogP contribution in [-0.4, -0.2) is 0 Å². The summed E-state index contributed by atoms with van der Waals surface area (Å²) in [5.74, 6) is 0. The van der Waals surface area contributed by atoms with Crippen LogP contribution in [0.15, 0.2) is 24.3 Å². The summed E-state index contributed by atoms with van der Waals surface area (Å²) >= 11 is 0. The van der Waals surface area contributed by atoms with Crippen LogP contribution in [0, 0.1) is 6.92 Å². The molecule has 0 radical (unpaired) electrons. The number of alkyl halides is 1. The molecule has 0 N–H and O–H groups in total. The van der Waals surface area contributed by atoms with E-state index in [9.17, 15) is 4.39 Å². The summed E-state index contributed by atoms with van der Waals surface area (Å²) in [4.78, 5) is 0. The molecule has 0 aromatic heterocycles. The third-order valence-electron chi connectivity index (χ3n) is 2.32. The lowest BCUT2D eigenvalue weighted by Gasteiger charge is -2.18. The van der Waals surface area contributed by atoms with Crippen LogP contribution in [0.1, 0.15) is 31.4 Å². The number of rotatable bonds is 2. The van der Waals surface area contributed by atoms with Crippen molar-refractivity contribution in [1.82, 2.24) is 0 Å². The Morgan fingerprint density at radius 3 is 2.17 bits per heavy atom. The minimum Gasteiger partial charge on any atom is -0.239 e. The molecule has 1 atom stereocenters. The summed E-state index contributed by atoms with van der Waals surface area (Å²) in [6.07, 6.45) is 0.524. The Labute approximate surface area is 73.4 Å². The average molecular weight is 166 g/mol. The normalized spacial score (nSPS) is 15.7. The van der Waals surface area contributed by atoms with Crippen LogP contribution >= 0.6 is 0 Å². The molecule has 0 amide bonds. The van der Waals surface area contributed by atoms with E-state index in [4.69, 9.17) is 0 Å². The first-order chi connectivity index (χ1) is 5.56. The van der Waals surface area contributed by atoms with Crippen molar-refractivity contribution in [3.63, 3.8) is 0 Å². The largest absolute Gasteiger partial charge is 0.239 e. The summed E-state index contributed by atoms with van der Waals surface area (Å²) in [5.41, 5.74) is 0.773. The Morgan fingerprint density at radius 2 is 1.75 bits per heavy atom. The van der Waals surface area contributed by atoms with Crippen molar-refractivity contribution in [2.24, 2.45) is 0 Å². The second-order valence-electron chi connectivity index (χ2n) is 3.42. The van der Waals surface area contributed by atoms with Gasteiger partial charge in [-0.25, -0.2) is 4.39 Å². The molecule has 0 heterocycles. The molecule has 0 spiro atoms. The van der Waals surface area contributed by atoms with Gasteiger partial charge in [-0.2, -0.15) is 0 Å². The van der Waals surface area contributed by atoms with Crippen LogP contribution in [0.4, 0.5) is 4.39 Å². The highest BCUT2D eigenvalue weighted by atomic mass is 19.1. The Bertz CT molecular complexity index is 246. The third kappa shape index (κ3) is 1.84. The molecule has 1 rings (SSSR count). The fourth-order valence-electron chi connectivity index (χ4n) is 1.11. The molecule has 1 aromatic carbocycles. The summed E-state index contributed by atoms with van der Waals surface area (Å²) in [5, 5.41) is 0. The highest BCUT2D eigenvalue weighted by molar-refractivity contribution is 5.25. The van der Waals surface area contributed by atoms with E-state index in [-0.39, 0.29) is 0 Å². The monoisotopic (exact) mass is 166 g/mol. The van der Waals surface area contributed by atoms with Crippen molar-refractivity contribution in [2.75, 3.05) is 0 Å². The molecule has 0 saturated carbocycles. The van der Waals surface area contributed by atoms with Crippen LogP contribution in [0.3, 0.4) is 0 Å². The summed E-state index contributed by atoms with van der Waals surface area (Å²) < 4.78 is 13.7. The van der Waals surface area contributed by atoms with E-state index in [0.717, 1.165) is 5.56 Å². The Hall–Kier alpha value is -0.850. The van der Waals surface area contributed by atoms with Gasteiger partial charge in [-0.1, -0.05) is 36.8 Å². The van der Waals surface area contributed by atoms with Crippen molar-refractivity contribution in [2.45, 2.75) is 32.9 Å². The Kier molecular flexibility index (Phi) is 2.51. The minimum absolute atomic E-state index is 0.524. The second-order valence-corrected chi connectivity index (χ2v) is 3.42. The van der Waals surface area contributed by atoms with Crippen molar-refractivity contribution < 1.29 is 4.39 Å². The summed E-state index contributed by atoms with van der Waals surface area (Å²) in [6.45, 7) is 5.49. The van der Waals surface area contributed by atoms with Gasteiger partial charge < -0.3 is 0 Å². The number of hydrogen-bond donors (Lipinski definition) is 0. The van der Waals surface area contributed by atoms with E-state index >= 15 is 0 Å². The third-order valence-corrected chi connectivity index (χ3v) is 2.32. The predicted octanol–water partition coefficient (Wildman–Crippen LogP) is 3.59. The van der Waals surface area contributed by atoms with Gasteiger partial charge in [0.05, 0.1) is 0 Å². The first-order valence-corrected chi connectivity index (χ1v) is 4.32. The molecule has 1 aromatic rings. The van der Waals surface area contributed by atoms with Crippen LogP contribution in [-0.2, 0) is 5.67 Å². The van der Waals surface area contributed by atoms with E-state index < -0.39 is 5.67 Å². The quantitative estimate of drug-likeness (QED) is 0.629. The van der Waals surface area contributed by atoms with Crippen LogP contribution < -0.4 is 0 Å². The first kappa shape index (κ1) is 9.24. The molecule has 0 saturated heterocycles. The fraction of sp³-hybridized carbons (Fsp3) is 0.455. The number of hydrogen-bond acceptors (Lipinski definition) is 0. The maximum atomic E-state index is 13.7. The van der Waals surface area contributed by atoms with Crippen molar-refractivity contribution in [3.8, 4) is 0 Å². The lowest BCUT2D eigenvalue weighted by molar-refractivity contribution is 0.185. The molecular formula is C11H15F. The molecule has 12 heavy (non-hydrogen) atoms. The molecule has 0 aliphatic rings. The topological polar surface area (TPSA) is 0 Å².